The van der Waals surface area contributed by atoms with Gasteiger partial charge in [-0.05, 0) is 64.0 Å². The number of carbonyl (C=O) groups excluding carboxylic acids is 1. The number of nitrogens with one attached hydrogen (secondary N) is 1. The van der Waals surface area contributed by atoms with Crippen molar-refractivity contribution in [2.45, 2.75) is 12.8 Å². The highest BCUT2D eigenvalue weighted by Crippen LogP contribution is 2.33. The second-order valence-corrected chi connectivity index (χ2v) is 7.57. The molecular formula is C23H17BrF4N2O3. The van der Waals surface area contributed by atoms with Crippen molar-refractivity contribution < 1.29 is 31.8 Å². The van der Waals surface area contributed by atoms with E-state index in [-0.39, 0.29) is 18.0 Å². The molecule has 0 heterocycles. The van der Waals surface area contributed by atoms with Crippen LogP contribution in [0.1, 0.15) is 27.0 Å². The third-order valence-corrected chi connectivity index (χ3v) is 5.10. The molecule has 0 unspecified atom stereocenters. The van der Waals surface area contributed by atoms with Crippen molar-refractivity contribution in [2.24, 2.45) is 5.10 Å². The number of carbonyl (C=O) groups is 1. The highest BCUT2D eigenvalue weighted by molar-refractivity contribution is 9.10. The van der Waals surface area contributed by atoms with E-state index >= 15 is 0 Å². The predicted octanol–water partition coefficient (Wildman–Crippen LogP) is 5.96. The van der Waals surface area contributed by atoms with Gasteiger partial charge < -0.3 is 9.47 Å². The molecule has 0 spiro atoms. The van der Waals surface area contributed by atoms with Crippen molar-refractivity contribution in [3.63, 3.8) is 0 Å². The number of hydrogen-bond acceptors (Lipinski definition) is 4. The molecule has 172 valence electrons. The van der Waals surface area contributed by atoms with Crippen LogP contribution >= 0.6 is 15.9 Å². The number of amides is 1. The van der Waals surface area contributed by atoms with Crippen molar-refractivity contribution in [2.75, 3.05) is 7.11 Å². The number of ether oxygens (including phenoxy) is 2. The average Bonchev–Trinajstić information content (AvgIpc) is 2.79. The molecule has 0 radical (unpaired) electrons. The summed E-state index contributed by atoms with van der Waals surface area (Å²) >= 11 is 3.38. The summed E-state index contributed by atoms with van der Waals surface area (Å²) in [5.74, 6) is -0.340. The Hall–Kier alpha value is -3.40. The normalized spacial score (nSPS) is 11.5. The Morgan fingerprint density at radius 2 is 1.82 bits per heavy atom. The van der Waals surface area contributed by atoms with Gasteiger partial charge in [-0.2, -0.15) is 18.3 Å². The number of rotatable bonds is 7. The molecule has 0 aliphatic carbocycles. The van der Waals surface area contributed by atoms with Crippen LogP contribution in [-0.4, -0.2) is 19.2 Å². The Bertz CT molecular complexity index is 1170. The second-order valence-electron chi connectivity index (χ2n) is 6.72. The molecule has 1 N–H and O–H groups in total. The molecule has 3 rings (SSSR count). The van der Waals surface area contributed by atoms with E-state index in [1.165, 1.54) is 31.5 Å². The van der Waals surface area contributed by atoms with E-state index in [9.17, 15) is 22.4 Å². The van der Waals surface area contributed by atoms with Gasteiger partial charge in [0.1, 0.15) is 12.4 Å². The average molecular weight is 525 g/mol. The van der Waals surface area contributed by atoms with Gasteiger partial charge >= 0.3 is 6.18 Å². The number of hydrogen-bond donors (Lipinski definition) is 1. The first-order valence-corrected chi connectivity index (χ1v) is 10.2. The maximum absolute atomic E-state index is 13.0. The maximum Gasteiger partial charge on any atom is 0.416 e. The highest BCUT2D eigenvalue weighted by Gasteiger charge is 2.30. The minimum Gasteiger partial charge on any atom is -0.493 e. The summed E-state index contributed by atoms with van der Waals surface area (Å²) in [6.07, 6.45) is -3.25. The Morgan fingerprint density at radius 1 is 1.09 bits per heavy atom. The first kappa shape index (κ1) is 24.2. The van der Waals surface area contributed by atoms with Crippen LogP contribution in [-0.2, 0) is 12.8 Å². The zero-order chi connectivity index (χ0) is 24.0. The molecule has 0 atom stereocenters. The van der Waals surface area contributed by atoms with E-state index in [1.807, 2.05) is 0 Å². The zero-order valence-electron chi connectivity index (χ0n) is 17.1. The highest BCUT2D eigenvalue weighted by atomic mass is 79.9. The minimum absolute atomic E-state index is 0.178. The topological polar surface area (TPSA) is 59.9 Å². The van der Waals surface area contributed by atoms with Crippen molar-refractivity contribution >= 4 is 28.1 Å². The minimum atomic E-state index is -4.55. The molecule has 0 aliphatic rings. The molecule has 0 fully saturated rings. The van der Waals surface area contributed by atoms with Crippen LogP contribution in [0.15, 0.2) is 70.2 Å². The van der Waals surface area contributed by atoms with Gasteiger partial charge in [0.15, 0.2) is 11.5 Å². The summed E-state index contributed by atoms with van der Waals surface area (Å²) in [4.78, 5) is 12.1. The molecule has 0 bridgehead atoms. The van der Waals surface area contributed by atoms with E-state index in [0.29, 0.717) is 21.5 Å². The van der Waals surface area contributed by atoms with E-state index in [4.69, 9.17) is 9.47 Å². The monoisotopic (exact) mass is 524 g/mol. The van der Waals surface area contributed by atoms with Crippen LogP contribution < -0.4 is 14.9 Å². The first-order valence-electron chi connectivity index (χ1n) is 9.43. The van der Waals surface area contributed by atoms with Crippen molar-refractivity contribution in [1.29, 1.82) is 0 Å². The van der Waals surface area contributed by atoms with E-state index < -0.39 is 17.6 Å². The van der Waals surface area contributed by atoms with Crippen LogP contribution in [0.2, 0.25) is 0 Å². The van der Waals surface area contributed by atoms with E-state index in [2.05, 4.69) is 26.5 Å². The quantitative estimate of drug-likeness (QED) is 0.235. The fourth-order valence-corrected chi connectivity index (χ4v) is 3.15. The number of halogens is 5. The molecule has 0 aromatic heterocycles. The molecular weight excluding hydrogens is 508 g/mol. The van der Waals surface area contributed by atoms with Crippen LogP contribution in [0.4, 0.5) is 17.6 Å². The van der Waals surface area contributed by atoms with Gasteiger partial charge in [0.25, 0.3) is 5.91 Å². The van der Waals surface area contributed by atoms with Crippen LogP contribution in [0.5, 0.6) is 11.5 Å². The van der Waals surface area contributed by atoms with E-state index in [1.54, 1.807) is 24.3 Å². The molecule has 1 amide bonds. The maximum atomic E-state index is 13.0. The number of alkyl halides is 3. The van der Waals surface area contributed by atoms with Gasteiger partial charge in [0.05, 0.1) is 18.9 Å². The molecule has 33 heavy (non-hydrogen) atoms. The van der Waals surface area contributed by atoms with Crippen LogP contribution in [0, 0.1) is 5.82 Å². The second kappa shape index (κ2) is 10.5. The third kappa shape index (κ3) is 6.55. The predicted molar refractivity (Wildman–Crippen MR) is 118 cm³/mol. The van der Waals surface area contributed by atoms with Crippen LogP contribution in [0.25, 0.3) is 0 Å². The van der Waals surface area contributed by atoms with Gasteiger partial charge in [0, 0.05) is 15.6 Å². The lowest BCUT2D eigenvalue weighted by Crippen LogP contribution is -2.18. The Morgan fingerprint density at radius 3 is 2.48 bits per heavy atom. The Kier molecular flexibility index (Phi) is 7.70. The fraction of sp³-hybridized carbons (Fsp3) is 0.130. The third-order valence-electron chi connectivity index (χ3n) is 4.41. The SMILES string of the molecule is COc1cc(/C=N\NC(=O)c2cccc(C(F)(F)F)c2)c(Br)cc1OCc1ccc(F)cc1. The number of benzene rings is 3. The molecule has 10 heteroatoms. The lowest BCUT2D eigenvalue weighted by Gasteiger charge is -2.13. The first-order chi connectivity index (χ1) is 15.7. The standard InChI is InChI=1S/C23H17BrF4N2O3/c1-32-20-10-16(19(24)11-21(20)33-13-14-5-7-18(25)8-6-14)12-29-30-22(31)15-3-2-4-17(9-15)23(26,27)28/h2-12H,13H2,1H3,(H,30,31)/b29-12-. The van der Waals surface area contributed by atoms with Gasteiger partial charge in [-0.25, -0.2) is 9.82 Å². The van der Waals surface area contributed by atoms with Crippen molar-refractivity contribution in [1.82, 2.24) is 5.43 Å². The largest absolute Gasteiger partial charge is 0.493 e. The summed E-state index contributed by atoms with van der Waals surface area (Å²) < 4.78 is 63.1. The molecule has 0 saturated heterocycles. The molecule has 5 nitrogen and oxygen atoms in total. The summed E-state index contributed by atoms with van der Waals surface area (Å²) in [5, 5.41) is 3.81. The van der Waals surface area contributed by atoms with Gasteiger partial charge in [-0.15, -0.1) is 0 Å². The lowest BCUT2D eigenvalue weighted by molar-refractivity contribution is -0.137. The van der Waals surface area contributed by atoms with E-state index in [0.717, 1.165) is 23.8 Å². The number of nitrogens with zero attached hydrogens (tertiary/aromatic N) is 1. The van der Waals surface area contributed by atoms with Crippen LogP contribution in [0.3, 0.4) is 0 Å². The molecule has 3 aromatic rings. The molecule has 3 aromatic carbocycles. The van der Waals surface area contributed by atoms with Gasteiger partial charge in [-0.1, -0.05) is 18.2 Å². The molecule has 0 aliphatic heterocycles. The summed E-state index contributed by atoms with van der Waals surface area (Å²) in [6.45, 7) is 0.184. The lowest BCUT2D eigenvalue weighted by atomic mass is 10.1. The number of hydrazone groups is 1. The zero-order valence-corrected chi connectivity index (χ0v) is 18.7. The Labute approximate surface area is 195 Å². The van der Waals surface area contributed by atoms with Gasteiger partial charge in [-0.3, -0.25) is 4.79 Å². The number of methoxy groups -OCH3 is 1. The summed E-state index contributed by atoms with van der Waals surface area (Å²) in [6, 6.07) is 13.1. The molecule has 0 saturated carbocycles. The summed E-state index contributed by atoms with van der Waals surface area (Å²) in [5.41, 5.74) is 2.37. The Balaban J connectivity index is 1.69. The van der Waals surface area contributed by atoms with Crippen molar-refractivity contribution in [3.8, 4) is 11.5 Å². The summed E-state index contributed by atoms with van der Waals surface area (Å²) in [7, 11) is 1.45. The van der Waals surface area contributed by atoms with Gasteiger partial charge in [0.2, 0.25) is 0 Å². The smallest absolute Gasteiger partial charge is 0.416 e. The fourth-order valence-electron chi connectivity index (χ4n) is 2.73. The van der Waals surface area contributed by atoms with Crippen molar-refractivity contribution in [3.05, 3.63) is 93.2 Å².